The molecular formula is C18H15ClN2O2S. The Morgan fingerprint density at radius 1 is 1.17 bits per heavy atom. The molecule has 0 aliphatic carbocycles. The second kappa shape index (κ2) is 6.79. The number of hydrogen-bond acceptors (Lipinski definition) is 4. The highest BCUT2D eigenvalue weighted by Gasteiger charge is 2.11. The molecule has 0 saturated carbocycles. The van der Waals surface area contributed by atoms with E-state index in [4.69, 9.17) is 11.6 Å². The van der Waals surface area contributed by atoms with Crippen LogP contribution in [-0.4, -0.2) is 21.5 Å². The minimum absolute atomic E-state index is 0.0712. The van der Waals surface area contributed by atoms with Gasteiger partial charge in [-0.05, 0) is 61.4 Å². The number of thioether (sulfide) groups is 1. The van der Waals surface area contributed by atoms with Gasteiger partial charge in [-0.3, -0.25) is 9.59 Å². The fourth-order valence-corrected chi connectivity index (χ4v) is 3.19. The Bertz CT molecular complexity index is 981. The Hall–Kier alpha value is -2.11. The molecule has 3 aromatic rings. The van der Waals surface area contributed by atoms with Crippen molar-refractivity contribution in [2.24, 2.45) is 0 Å². The molecule has 0 amide bonds. The minimum Gasteiger partial charge on any atom is -0.318 e. The maximum Gasteiger partial charge on any atom is 0.280 e. The van der Waals surface area contributed by atoms with Crippen molar-refractivity contribution in [2.45, 2.75) is 18.9 Å². The van der Waals surface area contributed by atoms with Crippen molar-refractivity contribution in [3.8, 4) is 0 Å². The number of nitrogens with one attached hydrogen (secondary N) is 1. The SMILES string of the molecule is Cc1cc2nc(SCC(=O)c3ccc(Cl)cc3)c(=O)[nH]c2cc1C. The van der Waals surface area contributed by atoms with E-state index in [0.29, 0.717) is 21.1 Å². The van der Waals surface area contributed by atoms with E-state index in [2.05, 4.69) is 9.97 Å². The van der Waals surface area contributed by atoms with Gasteiger partial charge in [0, 0.05) is 10.6 Å². The zero-order valence-corrected chi connectivity index (χ0v) is 14.8. The molecule has 0 aliphatic heterocycles. The second-order valence-corrected chi connectivity index (χ2v) is 6.94. The van der Waals surface area contributed by atoms with Crippen LogP contribution in [0.3, 0.4) is 0 Å². The van der Waals surface area contributed by atoms with Gasteiger partial charge in [0.25, 0.3) is 5.56 Å². The molecule has 0 spiro atoms. The third-order valence-corrected chi connectivity index (χ3v) is 4.99. The number of aromatic nitrogens is 2. The van der Waals surface area contributed by atoms with Crippen molar-refractivity contribution < 1.29 is 4.79 Å². The van der Waals surface area contributed by atoms with Crippen LogP contribution >= 0.6 is 23.4 Å². The molecule has 1 N–H and O–H groups in total. The van der Waals surface area contributed by atoms with Gasteiger partial charge in [-0.2, -0.15) is 0 Å². The molecule has 0 radical (unpaired) electrons. The predicted molar refractivity (Wildman–Crippen MR) is 98.3 cm³/mol. The first kappa shape index (κ1) is 16.7. The maximum atomic E-state index is 12.2. The topological polar surface area (TPSA) is 62.8 Å². The number of aromatic amines is 1. The molecule has 4 nitrogen and oxygen atoms in total. The Labute approximate surface area is 148 Å². The summed E-state index contributed by atoms with van der Waals surface area (Å²) in [4.78, 5) is 31.6. The summed E-state index contributed by atoms with van der Waals surface area (Å²) in [6, 6.07) is 10.5. The molecule has 1 aromatic heterocycles. The number of carbonyl (C=O) groups excluding carboxylic acids is 1. The van der Waals surface area contributed by atoms with Gasteiger partial charge in [0.15, 0.2) is 10.8 Å². The quantitative estimate of drug-likeness (QED) is 0.561. The number of hydrogen-bond donors (Lipinski definition) is 1. The van der Waals surface area contributed by atoms with Crippen LogP contribution in [0.4, 0.5) is 0 Å². The molecule has 1 heterocycles. The van der Waals surface area contributed by atoms with Crippen LogP contribution in [0.15, 0.2) is 46.2 Å². The Morgan fingerprint density at radius 3 is 2.54 bits per heavy atom. The summed E-state index contributed by atoms with van der Waals surface area (Å²) in [5.74, 6) is 0.0756. The van der Waals surface area contributed by atoms with Crippen molar-refractivity contribution in [3.63, 3.8) is 0 Å². The van der Waals surface area contributed by atoms with Crippen molar-refractivity contribution >= 4 is 40.2 Å². The van der Waals surface area contributed by atoms with Gasteiger partial charge in [0.1, 0.15) is 0 Å². The monoisotopic (exact) mass is 358 g/mol. The zero-order chi connectivity index (χ0) is 17.3. The number of halogens is 1. The first-order valence-electron chi connectivity index (χ1n) is 7.37. The Kier molecular flexibility index (Phi) is 4.73. The lowest BCUT2D eigenvalue weighted by Gasteiger charge is -2.05. The average molecular weight is 359 g/mol. The van der Waals surface area contributed by atoms with Gasteiger partial charge in [-0.1, -0.05) is 23.4 Å². The first-order valence-corrected chi connectivity index (χ1v) is 8.73. The van der Waals surface area contributed by atoms with Gasteiger partial charge in [0.05, 0.1) is 16.8 Å². The fourth-order valence-electron chi connectivity index (χ4n) is 2.28. The maximum absolute atomic E-state index is 12.2. The van der Waals surface area contributed by atoms with E-state index in [-0.39, 0.29) is 17.1 Å². The Morgan fingerprint density at radius 2 is 1.83 bits per heavy atom. The van der Waals surface area contributed by atoms with Crippen LogP contribution in [0.25, 0.3) is 11.0 Å². The molecular weight excluding hydrogens is 344 g/mol. The van der Waals surface area contributed by atoms with Crippen molar-refractivity contribution in [2.75, 3.05) is 5.75 Å². The predicted octanol–water partition coefficient (Wildman–Crippen LogP) is 4.17. The summed E-state index contributed by atoms with van der Waals surface area (Å²) in [5.41, 5.74) is 3.92. The Balaban J connectivity index is 1.83. The molecule has 0 unspecified atom stereocenters. The van der Waals surface area contributed by atoms with E-state index in [0.717, 1.165) is 28.4 Å². The molecule has 6 heteroatoms. The molecule has 0 bridgehead atoms. The van der Waals surface area contributed by atoms with Crippen molar-refractivity contribution in [1.29, 1.82) is 0 Å². The zero-order valence-electron chi connectivity index (χ0n) is 13.2. The largest absolute Gasteiger partial charge is 0.318 e. The molecule has 2 aromatic carbocycles. The highest BCUT2D eigenvalue weighted by Crippen LogP contribution is 2.19. The van der Waals surface area contributed by atoms with Crippen LogP contribution in [0.1, 0.15) is 21.5 Å². The number of Topliss-reactive ketones (excluding diaryl/α,β-unsaturated/α-hetero) is 1. The number of nitrogens with zero attached hydrogens (tertiary/aromatic N) is 1. The first-order chi connectivity index (χ1) is 11.4. The van der Waals surface area contributed by atoms with E-state index in [1.807, 2.05) is 26.0 Å². The number of fused-ring (bicyclic) bond motifs is 1. The summed E-state index contributed by atoms with van der Waals surface area (Å²) < 4.78 is 0. The summed E-state index contributed by atoms with van der Waals surface area (Å²) >= 11 is 6.96. The summed E-state index contributed by atoms with van der Waals surface area (Å²) in [6.07, 6.45) is 0. The number of ketones is 1. The third kappa shape index (κ3) is 3.52. The lowest BCUT2D eigenvalue weighted by atomic mass is 10.1. The molecule has 0 saturated heterocycles. The van der Waals surface area contributed by atoms with E-state index >= 15 is 0 Å². The normalized spacial score (nSPS) is 11.0. The van der Waals surface area contributed by atoms with Gasteiger partial charge in [-0.25, -0.2) is 4.98 Å². The van der Waals surface area contributed by atoms with Crippen molar-refractivity contribution in [3.05, 3.63) is 68.5 Å². The lowest BCUT2D eigenvalue weighted by Crippen LogP contribution is -2.13. The summed E-state index contributed by atoms with van der Waals surface area (Å²) in [6.45, 7) is 3.99. The van der Waals surface area contributed by atoms with Gasteiger partial charge in [-0.15, -0.1) is 0 Å². The second-order valence-electron chi connectivity index (χ2n) is 5.54. The van der Waals surface area contributed by atoms with Crippen LogP contribution in [-0.2, 0) is 0 Å². The summed E-state index contributed by atoms with van der Waals surface area (Å²) in [7, 11) is 0. The highest BCUT2D eigenvalue weighted by molar-refractivity contribution is 7.99. The lowest BCUT2D eigenvalue weighted by molar-refractivity contribution is 0.102. The molecule has 0 fully saturated rings. The van der Waals surface area contributed by atoms with E-state index in [1.54, 1.807) is 24.3 Å². The number of aryl methyl sites for hydroxylation is 2. The van der Waals surface area contributed by atoms with E-state index < -0.39 is 0 Å². The molecule has 0 aliphatic rings. The molecule has 0 atom stereocenters. The van der Waals surface area contributed by atoms with Crippen molar-refractivity contribution in [1.82, 2.24) is 9.97 Å². The van der Waals surface area contributed by atoms with E-state index in [1.165, 1.54) is 0 Å². The van der Waals surface area contributed by atoms with Crippen LogP contribution < -0.4 is 5.56 Å². The van der Waals surface area contributed by atoms with Gasteiger partial charge < -0.3 is 4.98 Å². The van der Waals surface area contributed by atoms with Gasteiger partial charge >= 0.3 is 0 Å². The van der Waals surface area contributed by atoms with Gasteiger partial charge in [0.2, 0.25) is 0 Å². The van der Waals surface area contributed by atoms with Crippen LogP contribution in [0.2, 0.25) is 5.02 Å². The molecule has 122 valence electrons. The third-order valence-electron chi connectivity index (χ3n) is 3.78. The highest BCUT2D eigenvalue weighted by atomic mass is 35.5. The summed E-state index contributed by atoms with van der Waals surface area (Å²) in [5, 5.41) is 0.880. The van der Waals surface area contributed by atoms with Crippen LogP contribution in [0.5, 0.6) is 0 Å². The average Bonchev–Trinajstić information content (AvgIpc) is 2.55. The standard InChI is InChI=1S/C18H15ClN2O2S/c1-10-7-14-15(8-11(10)2)21-18(17(23)20-14)24-9-16(22)12-3-5-13(19)6-4-12/h3-8H,9H2,1-2H3,(H,20,23). The number of carbonyl (C=O) groups is 1. The minimum atomic E-state index is -0.278. The van der Waals surface area contributed by atoms with E-state index in [9.17, 15) is 9.59 Å². The van der Waals surface area contributed by atoms with Crippen LogP contribution in [0, 0.1) is 13.8 Å². The molecule has 24 heavy (non-hydrogen) atoms. The smallest absolute Gasteiger partial charge is 0.280 e. The molecule has 3 rings (SSSR count). The number of H-pyrrole nitrogens is 1. The fraction of sp³-hybridized carbons (Fsp3) is 0.167. The number of benzene rings is 2. The number of rotatable bonds is 4.